The Kier molecular flexibility index (Phi) is 4.05. The van der Waals surface area contributed by atoms with Gasteiger partial charge in [0.2, 0.25) is 0 Å². The Morgan fingerprint density at radius 3 is 2.40 bits per heavy atom. The van der Waals surface area contributed by atoms with E-state index in [2.05, 4.69) is 18.2 Å². The molecule has 0 fully saturated rings. The third-order valence-electron chi connectivity index (χ3n) is 1.17. The molecule has 0 aromatic heterocycles. The van der Waals surface area contributed by atoms with Crippen molar-refractivity contribution in [1.29, 1.82) is 0 Å². The first kappa shape index (κ1) is 9.44. The van der Waals surface area contributed by atoms with Crippen molar-refractivity contribution in [3.05, 3.63) is 24.9 Å². The molecule has 0 radical (unpaired) electrons. The maximum Gasteiger partial charge on any atom is 0.131 e. The minimum absolute atomic E-state index is 0.344. The van der Waals surface area contributed by atoms with Gasteiger partial charge in [-0.25, -0.2) is 4.99 Å². The van der Waals surface area contributed by atoms with Crippen LogP contribution in [0.2, 0.25) is 0 Å². The molecule has 0 heterocycles. The van der Waals surface area contributed by atoms with Crippen LogP contribution in [0.5, 0.6) is 0 Å². The van der Waals surface area contributed by atoms with Gasteiger partial charge in [-0.1, -0.05) is 38.6 Å². The van der Waals surface area contributed by atoms with Crippen molar-refractivity contribution in [3.8, 4) is 0 Å². The standard InChI is InChI=1S/C8H12ClN/c1-5-10-8(9)7(4)6(2)3/h5-6H,1,4H2,2-3H3. The van der Waals surface area contributed by atoms with Gasteiger partial charge in [-0.05, 0) is 11.5 Å². The van der Waals surface area contributed by atoms with Crippen LogP contribution in [-0.4, -0.2) is 5.17 Å². The van der Waals surface area contributed by atoms with Gasteiger partial charge in [0, 0.05) is 6.20 Å². The Morgan fingerprint density at radius 2 is 2.10 bits per heavy atom. The molecule has 1 nitrogen and oxygen atoms in total. The molecule has 0 saturated carbocycles. The molecule has 0 N–H and O–H groups in total. The number of aliphatic imine (C=N–C) groups is 1. The molecule has 0 aliphatic rings. The van der Waals surface area contributed by atoms with E-state index >= 15 is 0 Å². The molecule has 0 bridgehead atoms. The van der Waals surface area contributed by atoms with Gasteiger partial charge in [0.1, 0.15) is 5.17 Å². The monoisotopic (exact) mass is 157 g/mol. The van der Waals surface area contributed by atoms with Crippen LogP contribution in [-0.2, 0) is 0 Å². The molecule has 0 rings (SSSR count). The summed E-state index contributed by atoms with van der Waals surface area (Å²) in [5.41, 5.74) is 0.849. The summed E-state index contributed by atoms with van der Waals surface area (Å²) in [5.74, 6) is 0.344. The fraction of sp³-hybridized carbons (Fsp3) is 0.375. The number of rotatable bonds is 3. The molecule has 56 valence electrons. The normalized spacial score (nSPS) is 11.8. The van der Waals surface area contributed by atoms with Crippen LogP contribution in [0, 0.1) is 5.92 Å². The molecule has 0 aliphatic heterocycles. The Hall–Kier alpha value is -0.560. The van der Waals surface area contributed by atoms with Gasteiger partial charge in [0.05, 0.1) is 0 Å². The lowest BCUT2D eigenvalue weighted by molar-refractivity contribution is 0.808. The van der Waals surface area contributed by atoms with Crippen LogP contribution in [0.1, 0.15) is 13.8 Å². The first-order valence-electron chi connectivity index (χ1n) is 3.13. The molecular weight excluding hydrogens is 146 g/mol. The zero-order chi connectivity index (χ0) is 8.15. The predicted octanol–water partition coefficient (Wildman–Crippen LogP) is 2.98. The van der Waals surface area contributed by atoms with Crippen molar-refractivity contribution in [2.24, 2.45) is 10.9 Å². The van der Waals surface area contributed by atoms with E-state index in [1.54, 1.807) is 0 Å². The van der Waals surface area contributed by atoms with E-state index in [4.69, 9.17) is 11.6 Å². The van der Waals surface area contributed by atoms with E-state index in [-0.39, 0.29) is 0 Å². The molecule has 0 aromatic carbocycles. The summed E-state index contributed by atoms with van der Waals surface area (Å²) in [4.78, 5) is 3.79. The molecule has 0 spiro atoms. The molecule has 10 heavy (non-hydrogen) atoms. The van der Waals surface area contributed by atoms with Crippen molar-refractivity contribution in [2.75, 3.05) is 0 Å². The minimum Gasteiger partial charge on any atom is -0.245 e. The summed E-state index contributed by atoms with van der Waals surface area (Å²) in [6, 6.07) is 0. The number of halogens is 1. The fourth-order valence-electron chi connectivity index (χ4n) is 0.401. The molecule has 0 unspecified atom stereocenters. The van der Waals surface area contributed by atoms with E-state index in [1.807, 2.05) is 13.8 Å². The van der Waals surface area contributed by atoms with Crippen molar-refractivity contribution < 1.29 is 0 Å². The van der Waals surface area contributed by atoms with Gasteiger partial charge in [-0.2, -0.15) is 0 Å². The molecule has 0 aromatic rings. The lowest BCUT2D eigenvalue weighted by Gasteiger charge is -2.04. The summed E-state index contributed by atoms with van der Waals surface area (Å²) in [7, 11) is 0. The summed E-state index contributed by atoms with van der Waals surface area (Å²) in [5, 5.41) is 0.449. The fourth-order valence-corrected chi connectivity index (χ4v) is 0.688. The van der Waals surface area contributed by atoms with Gasteiger partial charge < -0.3 is 0 Å². The first-order valence-corrected chi connectivity index (χ1v) is 3.50. The molecule has 0 amide bonds. The van der Waals surface area contributed by atoms with Crippen LogP contribution in [0.4, 0.5) is 0 Å². The zero-order valence-electron chi connectivity index (χ0n) is 6.39. The van der Waals surface area contributed by atoms with Crippen LogP contribution < -0.4 is 0 Å². The van der Waals surface area contributed by atoms with Crippen LogP contribution in [0.3, 0.4) is 0 Å². The summed E-state index contributed by atoms with van der Waals surface area (Å²) in [6.45, 7) is 11.2. The average Bonchev–Trinajstić information content (AvgIpc) is 1.87. The van der Waals surface area contributed by atoms with Crippen LogP contribution in [0.15, 0.2) is 29.9 Å². The summed E-state index contributed by atoms with van der Waals surface area (Å²) in [6.07, 6.45) is 1.41. The second-order valence-corrected chi connectivity index (χ2v) is 2.64. The molecule has 2 heteroatoms. The first-order chi connectivity index (χ1) is 4.59. The molecular formula is C8H12ClN. The summed E-state index contributed by atoms with van der Waals surface area (Å²) >= 11 is 5.71. The Morgan fingerprint density at radius 1 is 1.60 bits per heavy atom. The largest absolute Gasteiger partial charge is 0.245 e. The third-order valence-corrected chi connectivity index (χ3v) is 1.51. The topological polar surface area (TPSA) is 12.4 Å². The van der Waals surface area contributed by atoms with E-state index in [9.17, 15) is 0 Å². The van der Waals surface area contributed by atoms with Crippen LogP contribution >= 0.6 is 11.6 Å². The Bertz CT molecular complexity index is 168. The lowest BCUT2D eigenvalue weighted by atomic mass is 10.1. The minimum atomic E-state index is 0.344. The smallest absolute Gasteiger partial charge is 0.131 e. The average molecular weight is 158 g/mol. The van der Waals surface area contributed by atoms with Gasteiger partial charge >= 0.3 is 0 Å². The van der Waals surface area contributed by atoms with Crippen molar-refractivity contribution in [3.63, 3.8) is 0 Å². The van der Waals surface area contributed by atoms with E-state index in [0.717, 1.165) is 5.57 Å². The van der Waals surface area contributed by atoms with Gasteiger partial charge in [0.15, 0.2) is 0 Å². The quantitative estimate of drug-likeness (QED) is 0.559. The van der Waals surface area contributed by atoms with Crippen molar-refractivity contribution in [1.82, 2.24) is 0 Å². The molecule has 0 atom stereocenters. The number of hydrogen-bond donors (Lipinski definition) is 0. The second kappa shape index (κ2) is 4.29. The Labute approximate surface area is 67.1 Å². The van der Waals surface area contributed by atoms with E-state index < -0.39 is 0 Å². The number of hydrogen-bond acceptors (Lipinski definition) is 1. The SMILES string of the molecule is C=CN=C(Cl)C(=C)C(C)C. The number of nitrogens with zero attached hydrogens (tertiary/aromatic N) is 1. The highest BCUT2D eigenvalue weighted by atomic mass is 35.5. The molecule has 0 aliphatic carbocycles. The van der Waals surface area contributed by atoms with Gasteiger partial charge in [0.25, 0.3) is 0 Å². The lowest BCUT2D eigenvalue weighted by Crippen LogP contribution is -1.99. The van der Waals surface area contributed by atoms with Crippen molar-refractivity contribution in [2.45, 2.75) is 13.8 Å². The van der Waals surface area contributed by atoms with Crippen LogP contribution in [0.25, 0.3) is 0 Å². The zero-order valence-corrected chi connectivity index (χ0v) is 7.15. The highest BCUT2D eigenvalue weighted by Gasteiger charge is 2.03. The highest BCUT2D eigenvalue weighted by Crippen LogP contribution is 2.11. The summed E-state index contributed by atoms with van der Waals surface area (Å²) < 4.78 is 0. The van der Waals surface area contributed by atoms with E-state index in [1.165, 1.54) is 6.20 Å². The second-order valence-electron chi connectivity index (χ2n) is 2.28. The highest BCUT2D eigenvalue weighted by molar-refractivity contribution is 6.69. The number of allylic oxidation sites excluding steroid dienone is 1. The predicted molar refractivity (Wildman–Crippen MR) is 47.5 cm³/mol. The molecule has 0 saturated heterocycles. The third kappa shape index (κ3) is 2.83. The van der Waals surface area contributed by atoms with E-state index in [0.29, 0.717) is 11.1 Å². The Balaban J connectivity index is 4.21. The maximum atomic E-state index is 5.71. The van der Waals surface area contributed by atoms with Crippen molar-refractivity contribution >= 4 is 16.8 Å². The van der Waals surface area contributed by atoms with Gasteiger partial charge in [-0.15, -0.1) is 0 Å². The maximum absolute atomic E-state index is 5.71. The van der Waals surface area contributed by atoms with Gasteiger partial charge in [-0.3, -0.25) is 0 Å².